The van der Waals surface area contributed by atoms with Crippen molar-refractivity contribution < 1.29 is 17.4 Å². The molecular weight excluding hydrogens is 386 g/mol. The molecule has 1 amide bonds. The Hall–Kier alpha value is -2.05. The second-order valence-corrected chi connectivity index (χ2v) is 8.47. The lowest BCUT2D eigenvalue weighted by Gasteiger charge is -2.29. The number of nitrogens with zero attached hydrogens (tertiary/aromatic N) is 1. The summed E-state index contributed by atoms with van der Waals surface area (Å²) in [6.07, 6.45) is 0.743. The number of hydrogen-bond acceptors (Lipinski definition) is 4. The molecule has 2 aromatic carbocycles. The van der Waals surface area contributed by atoms with Crippen LogP contribution in [0.5, 0.6) is 5.75 Å². The average molecular weight is 410 g/mol. The predicted octanol–water partition coefficient (Wildman–Crippen LogP) is 4.51. The van der Waals surface area contributed by atoms with Gasteiger partial charge in [-0.15, -0.1) is 0 Å². The summed E-state index contributed by atoms with van der Waals surface area (Å²) in [5.74, 6) is -0.0997. The SMILES string of the molecule is CCC(C)N(Cc1ccccc1OS(=O)(=O)CC)C(=O)c1ccccc1Cl. The Bertz CT molecular complexity index is 898. The molecule has 0 spiro atoms. The second-order valence-electron chi connectivity index (χ2n) is 6.21. The van der Waals surface area contributed by atoms with Crippen molar-refractivity contribution >= 4 is 27.6 Å². The van der Waals surface area contributed by atoms with E-state index in [9.17, 15) is 13.2 Å². The third-order valence-electron chi connectivity index (χ3n) is 4.37. The van der Waals surface area contributed by atoms with Gasteiger partial charge in [0, 0.05) is 18.2 Å². The van der Waals surface area contributed by atoms with E-state index in [-0.39, 0.29) is 30.0 Å². The average Bonchev–Trinajstić information content (AvgIpc) is 2.66. The number of amides is 1. The summed E-state index contributed by atoms with van der Waals surface area (Å²) in [6.45, 7) is 5.67. The van der Waals surface area contributed by atoms with E-state index in [2.05, 4.69) is 0 Å². The molecule has 27 heavy (non-hydrogen) atoms. The lowest BCUT2D eigenvalue weighted by molar-refractivity contribution is 0.0671. The molecule has 0 radical (unpaired) electrons. The second kappa shape index (κ2) is 9.24. The fourth-order valence-corrected chi connectivity index (χ4v) is 3.30. The van der Waals surface area contributed by atoms with Gasteiger partial charge >= 0.3 is 10.1 Å². The summed E-state index contributed by atoms with van der Waals surface area (Å²) in [6, 6.07) is 13.7. The van der Waals surface area contributed by atoms with Crippen LogP contribution in [0.2, 0.25) is 5.02 Å². The zero-order valence-corrected chi connectivity index (χ0v) is 17.3. The molecule has 7 heteroatoms. The van der Waals surface area contributed by atoms with Crippen LogP contribution in [0.3, 0.4) is 0 Å². The number of carbonyl (C=O) groups excluding carboxylic acids is 1. The quantitative estimate of drug-likeness (QED) is 0.602. The van der Waals surface area contributed by atoms with Gasteiger partial charge in [0.05, 0.1) is 16.3 Å². The fourth-order valence-electron chi connectivity index (χ4n) is 2.53. The van der Waals surface area contributed by atoms with Crippen LogP contribution in [-0.2, 0) is 16.7 Å². The third-order valence-corrected chi connectivity index (χ3v) is 5.84. The Labute approximate surface area is 166 Å². The van der Waals surface area contributed by atoms with Gasteiger partial charge < -0.3 is 9.08 Å². The van der Waals surface area contributed by atoms with E-state index in [1.165, 1.54) is 6.92 Å². The smallest absolute Gasteiger partial charge is 0.308 e. The Balaban J connectivity index is 2.38. The normalized spacial score (nSPS) is 12.4. The van der Waals surface area contributed by atoms with E-state index in [0.29, 0.717) is 16.1 Å². The van der Waals surface area contributed by atoms with Crippen molar-refractivity contribution in [1.29, 1.82) is 0 Å². The number of para-hydroxylation sites is 1. The molecule has 2 rings (SSSR count). The first-order valence-electron chi connectivity index (χ1n) is 8.84. The molecule has 0 fully saturated rings. The largest absolute Gasteiger partial charge is 0.382 e. The molecule has 1 atom stereocenters. The number of benzene rings is 2. The first-order chi connectivity index (χ1) is 12.8. The maximum Gasteiger partial charge on any atom is 0.308 e. The number of halogens is 1. The van der Waals surface area contributed by atoms with Crippen LogP contribution >= 0.6 is 11.6 Å². The highest BCUT2D eigenvalue weighted by Crippen LogP contribution is 2.26. The number of rotatable bonds is 8. The molecule has 0 N–H and O–H groups in total. The van der Waals surface area contributed by atoms with Crippen LogP contribution in [0.4, 0.5) is 0 Å². The van der Waals surface area contributed by atoms with Crippen LogP contribution in [0.25, 0.3) is 0 Å². The topological polar surface area (TPSA) is 63.7 Å². The Kier molecular flexibility index (Phi) is 7.27. The van der Waals surface area contributed by atoms with Gasteiger partial charge in [0.15, 0.2) is 0 Å². The molecule has 0 aliphatic heterocycles. The molecule has 0 aromatic heterocycles. The van der Waals surface area contributed by atoms with E-state index in [4.69, 9.17) is 15.8 Å². The maximum atomic E-state index is 13.1. The van der Waals surface area contributed by atoms with Crippen molar-refractivity contribution in [2.75, 3.05) is 5.75 Å². The number of hydrogen-bond donors (Lipinski definition) is 0. The molecular formula is C20H24ClNO4S. The highest BCUT2D eigenvalue weighted by atomic mass is 35.5. The zero-order chi connectivity index (χ0) is 20.0. The van der Waals surface area contributed by atoms with Crippen LogP contribution in [0.1, 0.15) is 43.1 Å². The maximum absolute atomic E-state index is 13.1. The minimum absolute atomic E-state index is 0.0652. The highest BCUT2D eigenvalue weighted by molar-refractivity contribution is 7.87. The summed E-state index contributed by atoms with van der Waals surface area (Å²) in [7, 11) is -3.66. The van der Waals surface area contributed by atoms with Crippen molar-refractivity contribution in [3.8, 4) is 5.75 Å². The molecule has 0 saturated carbocycles. The zero-order valence-electron chi connectivity index (χ0n) is 15.7. The van der Waals surface area contributed by atoms with Crippen molar-refractivity contribution in [1.82, 2.24) is 4.90 Å². The molecule has 0 bridgehead atoms. The lowest BCUT2D eigenvalue weighted by Crippen LogP contribution is -2.38. The van der Waals surface area contributed by atoms with Crippen LogP contribution in [0.15, 0.2) is 48.5 Å². The minimum Gasteiger partial charge on any atom is -0.382 e. The summed E-state index contributed by atoms with van der Waals surface area (Å²) >= 11 is 6.20. The van der Waals surface area contributed by atoms with Crippen molar-refractivity contribution in [2.24, 2.45) is 0 Å². The third kappa shape index (κ3) is 5.47. The van der Waals surface area contributed by atoms with Crippen LogP contribution < -0.4 is 4.18 Å². The molecule has 5 nitrogen and oxygen atoms in total. The van der Waals surface area contributed by atoms with Gasteiger partial charge in [-0.25, -0.2) is 0 Å². The van der Waals surface area contributed by atoms with Gasteiger partial charge in [-0.05, 0) is 38.5 Å². The Morgan fingerprint density at radius 2 is 1.74 bits per heavy atom. The molecule has 0 heterocycles. The van der Waals surface area contributed by atoms with Crippen LogP contribution in [0, 0.1) is 0 Å². The van der Waals surface area contributed by atoms with Gasteiger partial charge in [0.2, 0.25) is 0 Å². The van der Waals surface area contributed by atoms with Crippen LogP contribution in [-0.4, -0.2) is 31.0 Å². The molecule has 2 aromatic rings. The molecule has 146 valence electrons. The lowest BCUT2D eigenvalue weighted by atomic mass is 10.1. The van der Waals surface area contributed by atoms with E-state index < -0.39 is 10.1 Å². The summed E-state index contributed by atoms with van der Waals surface area (Å²) < 4.78 is 29.0. The Morgan fingerprint density at radius 1 is 1.11 bits per heavy atom. The van der Waals surface area contributed by atoms with Gasteiger partial charge in [0.25, 0.3) is 5.91 Å². The van der Waals surface area contributed by atoms with Gasteiger partial charge in [-0.2, -0.15) is 8.42 Å². The molecule has 0 aliphatic carbocycles. The van der Waals surface area contributed by atoms with Crippen molar-refractivity contribution in [2.45, 2.75) is 39.8 Å². The first-order valence-corrected chi connectivity index (χ1v) is 10.8. The Morgan fingerprint density at radius 3 is 2.37 bits per heavy atom. The van der Waals surface area contributed by atoms with Crippen molar-refractivity contribution in [3.05, 3.63) is 64.7 Å². The highest BCUT2D eigenvalue weighted by Gasteiger charge is 2.24. The monoisotopic (exact) mass is 409 g/mol. The van der Waals surface area contributed by atoms with E-state index in [0.717, 1.165) is 6.42 Å². The number of carbonyl (C=O) groups is 1. The first kappa shape index (κ1) is 21.3. The summed E-state index contributed by atoms with van der Waals surface area (Å²) in [4.78, 5) is 14.8. The standard InChI is InChI=1S/C20H24ClNO4S/c1-4-15(3)22(20(23)17-11-7-8-12-18(17)21)14-16-10-6-9-13-19(16)26-27(24,25)5-2/h6-13,15H,4-5,14H2,1-3H3. The molecule has 0 aliphatic rings. The van der Waals surface area contributed by atoms with Gasteiger partial charge in [-0.3, -0.25) is 4.79 Å². The van der Waals surface area contributed by atoms with E-state index in [1.807, 2.05) is 13.8 Å². The predicted molar refractivity (Wildman–Crippen MR) is 108 cm³/mol. The molecule has 1 unspecified atom stereocenters. The summed E-state index contributed by atoms with van der Waals surface area (Å²) in [5.41, 5.74) is 1.04. The van der Waals surface area contributed by atoms with Gasteiger partial charge in [-0.1, -0.05) is 48.9 Å². The molecule has 0 saturated heterocycles. The van der Waals surface area contributed by atoms with Crippen molar-refractivity contribution in [3.63, 3.8) is 0 Å². The van der Waals surface area contributed by atoms with E-state index in [1.54, 1.807) is 53.4 Å². The van der Waals surface area contributed by atoms with E-state index >= 15 is 0 Å². The summed E-state index contributed by atoms with van der Waals surface area (Å²) in [5, 5.41) is 0.383. The van der Waals surface area contributed by atoms with Gasteiger partial charge in [0.1, 0.15) is 5.75 Å². The minimum atomic E-state index is -3.66. The fraction of sp³-hybridized carbons (Fsp3) is 0.350.